The van der Waals surface area contributed by atoms with Gasteiger partial charge in [0.15, 0.2) is 0 Å². The third-order valence-corrected chi connectivity index (χ3v) is 3.77. The Morgan fingerprint density at radius 1 is 1.19 bits per heavy atom. The Hall–Kier alpha value is -0.0800. The molecule has 0 spiro atoms. The maximum Gasteiger partial charge on any atom is 0.0580 e. The molecule has 3 unspecified atom stereocenters. The Morgan fingerprint density at radius 3 is 2.50 bits per heavy atom. The van der Waals surface area contributed by atoms with Gasteiger partial charge in [-0.05, 0) is 38.0 Å². The molecular formula is C14H29NO. The number of aliphatic hydroxyl groups excluding tert-OH is 1. The summed E-state index contributed by atoms with van der Waals surface area (Å²) in [6.07, 6.45) is 7.28. The summed E-state index contributed by atoms with van der Waals surface area (Å²) in [6.45, 7) is 7.84. The molecule has 1 fully saturated rings. The number of nitrogens with one attached hydrogen (secondary N) is 1. The average molecular weight is 227 g/mol. The lowest BCUT2D eigenvalue weighted by molar-refractivity contribution is 0.130. The van der Waals surface area contributed by atoms with Crippen molar-refractivity contribution in [1.29, 1.82) is 0 Å². The Kier molecular flexibility index (Phi) is 6.37. The summed E-state index contributed by atoms with van der Waals surface area (Å²) in [7, 11) is 0. The van der Waals surface area contributed by atoms with Crippen LogP contribution in [0, 0.1) is 11.8 Å². The number of hydrogen-bond acceptors (Lipinski definition) is 2. The first-order valence-corrected chi connectivity index (χ1v) is 7.01. The fraction of sp³-hybridized carbons (Fsp3) is 1.00. The Morgan fingerprint density at radius 2 is 1.94 bits per heavy atom. The number of aliphatic hydroxyl groups is 1. The quantitative estimate of drug-likeness (QED) is 0.701. The second-order valence-corrected chi connectivity index (χ2v) is 5.89. The molecule has 0 aromatic carbocycles. The third kappa shape index (κ3) is 5.31. The molecule has 2 nitrogen and oxygen atoms in total. The average Bonchev–Trinajstić information content (AvgIpc) is 2.60. The first-order chi connectivity index (χ1) is 7.59. The van der Waals surface area contributed by atoms with Crippen molar-refractivity contribution in [1.82, 2.24) is 5.32 Å². The maximum absolute atomic E-state index is 9.71. The summed E-state index contributed by atoms with van der Waals surface area (Å²) in [5.41, 5.74) is 0. The predicted octanol–water partition coefficient (Wildman–Crippen LogP) is 2.95. The van der Waals surface area contributed by atoms with Crippen LogP contribution in [-0.2, 0) is 0 Å². The molecule has 0 saturated heterocycles. The monoisotopic (exact) mass is 227 g/mol. The molecule has 0 heterocycles. The molecule has 0 aromatic heterocycles. The summed E-state index contributed by atoms with van der Waals surface area (Å²) < 4.78 is 0. The Labute approximate surface area is 101 Å². The molecule has 2 N–H and O–H groups in total. The highest BCUT2D eigenvalue weighted by Crippen LogP contribution is 2.24. The van der Waals surface area contributed by atoms with E-state index < -0.39 is 0 Å². The van der Waals surface area contributed by atoms with Gasteiger partial charge in [-0.1, -0.05) is 33.1 Å². The van der Waals surface area contributed by atoms with E-state index in [1.165, 1.54) is 32.1 Å². The minimum absolute atomic E-state index is 0.0460. The second kappa shape index (κ2) is 7.29. The highest BCUT2D eigenvalue weighted by molar-refractivity contribution is 4.79. The van der Waals surface area contributed by atoms with Crippen molar-refractivity contribution in [2.24, 2.45) is 11.8 Å². The van der Waals surface area contributed by atoms with Crippen LogP contribution in [0.1, 0.15) is 59.3 Å². The minimum Gasteiger partial charge on any atom is -0.393 e. The fourth-order valence-electron chi connectivity index (χ4n) is 2.54. The van der Waals surface area contributed by atoms with E-state index in [9.17, 15) is 5.11 Å². The van der Waals surface area contributed by atoms with Gasteiger partial charge in [-0.15, -0.1) is 0 Å². The SMILES string of the molecule is CC(C)CCCC(C)NCC1CCCC1O. The second-order valence-electron chi connectivity index (χ2n) is 5.89. The highest BCUT2D eigenvalue weighted by atomic mass is 16.3. The van der Waals surface area contributed by atoms with Crippen molar-refractivity contribution in [2.75, 3.05) is 6.54 Å². The molecule has 16 heavy (non-hydrogen) atoms. The lowest BCUT2D eigenvalue weighted by Gasteiger charge is -2.19. The molecule has 0 radical (unpaired) electrons. The molecule has 2 heteroatoms. The molecule has 1 rings (SSSR count). The largest absolute Gasteiger partial charge is 0.393 e. The van der Waals surface area contributed by atoms with Gasteiger partial charge in [0.2, 0.25) is 0 Å². The summed E-state index contributed by atoms with van der Waals surface area (Å²) >= 11 is 0. The normalized spacial score (nSPS) is 27.6. The van der Waals surface area contributed by atoms with Crippen molar-refractivity contribution in [3.8, 4) is 0 Å². The van der Waals surface area contributed by atoms with E-state index in [1.807, 2.05) is 0 Å². The first kappa shape index (κ1) is 14.0. The maximum atomic E-state index is 9.71. The molecular weight excluding hydrogens is 198 g/mol. The fourth-order valence-corrected chi connectivity index (χ4v) is 2.54. The molecule has 0 bridgehead atoms. The van der Waals surface area contributed by atoms with Crippen molar-refractivity contribution in [3.63, 3.8) is 0 Å². The van der Waals surface area contributed by atoms with E-state index in [0.29, 0.717) is 12.0 Å². The van der Waals surface area contributed by atoms with Crippen molar-refractivity contribution < 1.29 is 5.11 Å². The zero-order valence-electron chi connectivity index (χ0n) is 11.2. The lowest BCUT2D eigenvalue weighted by Crippen LogP contribution is -2.33. The smallest absolute Gasteiger partial charge is 0.0580 e. The topological polar surface area (TPSA) is 32.3 Å². The molecule has 0 aliphatic heterocycles. The standard InChI is InChI=1S/C14H29NO/c1-11(2)6-4-7-12(3)15-10-13-8-5-9-14(13)16/h11-16H,4-10H2,1-3H3. The van der Waals surface area contributed by atoms with Gasteiger partial charge in [0, 0.05) is 12.6 Å². The van der Waals surface area contributed by atoms with Crippen LogP contribution in [0.5, 0.6) is 0 Å². The van der Waals surface area contributed by atoms with Gasteiger partial charge in [-0.25, -0.2) is 0 Å². The molecule has 1 saturated carbocycles. The van der Waals surface area contributed by atoms with Gasteiger partial charge in [-0.3, -0.25) is 0 Å². The molecule has 3 atom stereocenters. The van der Waals surface area contributed by atoms with Crippen LogP contribution >= 0.6 is 0 Å². The van der Waals surface area contributed by atoms with E-state index in [0.717, 1.165) is 18.9 Å². The minimum atomic E-state index is -0.0460. The van der Waals surface area contributed by atoms with Crippen LogP contribution in [0.25, 0.3) is 0 Å². The van der Waals surface area contributed by atoms with Gasteiger partial charge in [0.25, 0.3) is 0 Å². The first-order valence-electron chi connectivity index (χ1n) is 7.01. The van der Waals surface area contributed by atoms with Crippen molar-refractivity contribution in [2.45, 2.75) is 71.4 Å². The molecule has 0 amide bonds. The molecule has 1 aliphatic rings. The van der Waals surface area contributed by atoms with Crippen LogP contribution in [0.3, 0.4) is 0 Å². The van der Waals surface area contributed by atoms with E-state index in [4.69, 9.17) is 0 Å². The van der Waals surface area contributed by atoms with E-state index in [-0.39, 0.29) is 6.10 Å². The lowest BCUT2D eigenvalue weighted by atomic mass is 10.0. The Balaban J connectivity index is 2.03. The molecule has 96 valence electrons. The van der Waals surface area contributed by atoms with Crippen LogP contribution in [0.15, 0.2) is 0 Å². The highest BCUT2D eigenvalue weighted by Gasteiger charge is 2.24. The molecule has 0 aromatic rings. The van der Waals surface area contributed by atoms with Gasteiger partial charge >= 0.3 is 0 Å². The van der Waals surface area contributed by atoms with Gasteiger partial charge in [-0.2, -0.15) is 0 Å². The van der Waals surface area contributed by atoms with Crippen LogP contribution in [0.2, 0.25) is 0 Å². The van der Waals surface area contributed by atoms with E-state index >= 15 is 0 Å². The third-order valence-electron chi connectivity index (χ3n) is 3.77. The van der Waals surface area contributed by atoms with Gasteiger partial charge < -0.3 is 10.4 Å². The summed E-state index contributed by atoms with van der Waals surface area (Å²) in [5.74, 6) is 1.33. The van der Waals surface area contributed by atoms with Crippen LogP contribution < -0.4 is 5.32 Å². The summed E-state index contributed by atoms with van der Waals surface area (Å²) in [4.78, 5) is 0. The Bertz CT molecular complexity index is 182. The van der Waals surface area contributed by atoms with Gasteiger partial charge in [0.05, 0.1) is 6.10 Å². The van der Waals surface area contributed by atoms with Gasteiger partial charge in [0.1, 0.15) is 0 Å². The van der Waals surface area contributed by atoms with Crippen LogP contribution in [0.4, 0.5) is 0 Å². The van der Waals surface area contributed by atoms with Crippen molar-refractivity contribution >= 4 is 0 Å². The van der Waals surface area contributed by atoms with Crippen molar-refractivity contribution in [3.05, 3.63) is 0 Å². The zero-order valence-corrected chi connectivity index (χ0v) is 11.2. The van der Waals surface area contributed by atoms with E-state index in [1.54, 1.807) is 0 Å². The predicted molar refractivity (Wildman–Crippen MR) is 69.5 cm³/mol. The number of hydrogen-bond donors (Lipinski definition) is 2. The van der Waals surface area contributed by atoms with Crippen LogP contribution in [-0.4, -0.2) is 23.8 Å². The van der Waals surface area contributed by atoms with E-state index in [2.05, 4.69) is 26.1 Å². The molecule has 1 aliphatic carbocycles. The number of rotatable bonds is 7. The summed E-state index contributed by atoms with van der Waals surface area (Å²) in [6, 6.07) is 0.603. The summed E-state index contributed by atoms with van der Waals surface area (Å²) in [5, 5.41) is 13.3. The zero-order chi connectivity index (χ0) is 12.0.